The van der Waals surface area contributed by atoms with Gasteiger partial charge in [0.1, 0.15) is 5.71 Å². The van der Waals surface area contributed by atoms with Crippen molar-refractivity contribution < 1.29 is 4.68 Å². The SMILES string of the molecule is CC(C)N=C1C=[N+](C(C)C)N2CCNC12. The molecule has 15 heavy (non-hydrogen) atoms. The molecule has 0 aromatic rings. The van der Waals surface area contributed by atoms with Gasteiger partial charge in [0.2, 0.25) is 6.21 Å². The molecule has 1 saturated heterocycles. The lowest BCUT2D eigenvalue weighted by Gasteiger charge is -2.16. The number of hydrazone groups is 1. The molecular formula is C11H21N4+. The predicted molar refractivity (Wildman–Crippen MR) is 62.5 cm³/mol. The minimum atomic E-state index is 0.315. The summed E-state index contributed by atoms with van der Waals surface area (Å²) in [6.07, 6.45) is 2.50. The summed E-state index contributed by atoms with van der Waals surface area (Å²) in [7, 11) is 0. The minimum Gasteiger partial charge on any atom is -0.286 e. The Morgan fingerprint density at radius 2 is 2.20 bits per heavy atom. The molecule has 0 radical (unpaired) electrons. The van der Waals surface area contributed by atoms with E-state index in [4.69, 9.17) is 0 Å². The third-order valence-corrected chi connectivity index (χ3v) is 2.75. The van der Waals surface area contributed by atoms with Gasteiger partial charge >= 0.3 is 0 Å². The second-order valence-electron chi connectivity index (χ2n) is 4.77. The third kappa shape index (κ3) is 1.91. The van der Waals surface area contributed by atoms with Crippen molar-refractivity contribution in [2.75, 3.05) is 13.1 Å². The van der Waals surface area contributed by atoms with Gasteiger partial charge < -0.3 is 0 Å². The van der Waals surface area contributed by atoms with Crippen molar-refractivity contribution in [2.24, 2.45) is 4.99 Å². The summed E-state index contributed by atoms with van der Waals surface area (Å²) >= 11 is 0. The number of hydrogen-bond acceptors (Lipinski definition) is 3. The number of nitrogens with zero attached hydrogens (tertiary/aromatic N) is 3. The molecule has 0 aromatic carbocycles. The monoisotopic (exact) mass is 209 g/mol. The van der Waals surface area contributed by atoms with Crippen molar-refractivity contribution >= 4 is 11.9 Å². The van der Waals surface area contributed by atoms with Crippen LogP contribution in [-0.2, 0) is 0 Å². The van der Waals surface area contributed by atoms with Crippen LogP contribution in [0.3, 0.4) is 0 Å². The van der Waals surface area contributed by atoms with E-state index >= 15 is 0 Å². The molecule has 0 spiro atoms. The van der Waals surface area contributed by atoms with Gasteiger partial charge in [-0.3, -0.25) is 10.3 Å². The molecule has 0 aromatic heterocycles. The van der Waals surface area contributed by atoms with Crippen molar-refractivity contribution in [3.8, 4) is 0 Å². The molecule has 1 N–H and O–H groups in total. The summed E-state index contributed by atoms with van der Waals surface area (Å²) in [5, 5.41) is 5.85. The average Bonchev–Trinajstić information content (AvgIpc) is 2.66. The summed E-state index contributed by atoms with van der Waals surface area (Å²) in [4.78, 5) is 4.67. The van der Waals surface area contributed by atoms with Crippen molar-refractivity contribution in [3.05, 3.63) is 0 Å². The second kappa shape index (κ2) is 3.93. The third-order valence-electron chi connectivity index (χ3n) is 2.75. The van der Waals surface area contributed by atoms with Gasteiger partial charge in [0, 0.05) is 12.6 Å². The highest BCUT2D eigenvalue weighted by atomic mass is 15.7. The van der Waals surface area contributed by atoms with E-state index in [0.29, 0.717) is 18.2 Å². The second-order valence-corrected chi connectivity index (χ2v) is 4.77. The Morgan fingerprint density at radius 1 is 1.47 bits per heavy atom. The first-order chi connectivity index (χ1) is 7.09. The summed E-state index contributed by atoms with van der Waals surface area (Å²) in [6, 6.07) is 0.875. The van der Waals surface area contributed by atoms with E-state index in [0.717, 1.165) is 13.1 Å². The Hall–Kier alpha value is -0.900. The van der Waals surface area contributed by atoms with Gasteiger partial charge in [0.25, 0.3) is 0 Å². The zero-order valence-corrected chi connectivity index (χ0v) is 10.1. The molecule has 2 heterocycles. The lowest BCUT2D eigenvalue weighted by atomic mass is 10.3. The molecule has 4 heteroatoms. The smallest absolute Gasteiger partial charge is 0.218 e. The van der Waals surface area contributed by atoms with Crippen molar-refractivity contribution in [1.82, 2.24) is 10.3 Å². The summed E-state index contributed by atoms with van der Waals surface area (Å²) in [5.74, 6) is 0. The Balaban J connectivity index is 2.27. The normalized spacial score (nSPS) is 28.1. The van der Waals surface area contributed by atoms with Crippen LogP contribution in [0.4, 0.5) is 0 Å². The van der Waals surface area contributed by atoms with Crippen LogP contribution in [0.25, 0.3) is 0 Å². The molecule has 84 valence electrons. The molecule has 2 rings (SSSR count). The molecule has 2 aliphatic heterocycles. The fourth-order valence-electron chi connectivity index (χ4n) is 2.18. The number of rotatable bonds is 2. The Morgan fingerprint density at radius 3 is 2.80 bits per heavy atom. The molecule has 0 saturated carbocycles. The number of hydrogen-bond donors (Lipinski definition) is 1. The molecule has 1 fully saturated rings. The van der Waals surface area contributed by atoms with Crippen LogP contribution < -0.4 is 5.32 Å². The average molecular weight is 209 g/mol. The van der Waals surface area contributed by atoms with Gasteiger partial charge in [-0.15, -0.1) is 4.68 Å². The first-order valence-corrected chi connectivity index (χ1v) is 5.80. The zero-order chi connectivity index (χ0) is 11.0. The van der Waals surface area contributed by atoms with Crippen molar-refractivity contribution in [2.45, 2.75) is 45.9 Å². The summed E-state index contributed by atoms with van der Waals surface area (Å²) in [6.45, 7) is 10.8. The topological polar surface area (TPSA) is 30.6 Å². The standard InChI is InChI=1S/C11H21N4/c1-8(2)13-10-7-15(9(3)4)14-6-5-12-11(10)14/h7-9,11-12H,5-6H2,1-4H3/q+1. The fourth-order valence-corrected chi connectivity index (χ4v) is 2.18. The molecule has 0 bridgehead atoms. The van der Waals surface area contributed by atoms with Gasteiger partial charge in [-0.05, 0) is 27.7 Å². The lowest BCUT2D eigenvalue weighted by molar-refractivity contribution is -0.703. The number of nitrogens with one attached hydrogen (secondary N) is 1. The van der Waals surface area contributed by atoms with Crippen LogP contribution >= 0.6 is 0 Å². The first kappa shape index (κ1) is 10.6. The molecule has 0 amide bonds. The minimum absolute atomic E-state index is 0.315. The van der Waals surface area contributed by atoms with Crippen LogP contribution in [0.15, 0.2) is 4.99 Å². The fraction of sp³-hybridized carbons (Fsp3) is 0.818. The molecule has 1 atom stereocenters. The van der Waals surface area contributed by atoms with Crippen molar-refractivity contribution in [1.29, 1.82) is 0 Å². The van der Waals surface area contributed by atoms with E-state index in [9.17, 15) is 0 Å². The van der Waals surface area contributed by atoms with Gasteiger partial charge in [0.05, 0.1) is 6.54 Å². The Kier molecular flexibility index (Phi) is 2.78. The van der Waals surface area contributed by atoms with E-state index in [1.165, 1.54) is 5.71 Å². The molecule has 2 aliphatic rings. The highest BCUT2D eigenvalue weighted by molar-refractivity contribution is 6.32. The molecular weight excluding hydrogens is 188 g/mol. The van der Waals surface area contributed by atoms with E-state index in [2.05, 4.69) is 53.9 Å². The van der Waals surface area contributed by atoms with E-state index in [1.54, 1.807) is 0 Å². The number of hydrazine groups is 1. The van der Waals surface area contributed by atoms with E-state index in [1.807, 2.05) is 0 Å². The van der Waals surface area contributed by atoms with E-state index < -0.39 is 0 Å². The highest BCUT2D eigenvalue weighted by Crippen LogP contribution is 2.14. The van der Waals surface area contributed by atoms with Gasteiger partial charge in [-0.2, -0.15) is 5.01 Å². The first-order valence-electron chi connectivity index (χ1n) is 5.80. The van der Waals surface area contributed by atoms with Crippen LogP contribution in [0.5, 0.6) is 0 Å². The van der Waals surface area contributed by atoms with Crippen LogP contribution in [0, 0.1) is 0 Å². The maximum Gasteiger partial charge on any atom is 0.218 e. The molecule has 1 unspecified atom stereocenters. The number of aliphatic imine (C=N–C) groups is 1. The van der Waals surface area contributed by atoms with Crippen LogP contribution in [0.1, 0.15) is 27.7 Å². The predicted octanol–water partition coefficient (Wildman–Crippen LogP) is 0.487. The van der Waals surface area contributed by atoms with Gasteiger partial charge in [0.15, 0.2) is 12.2 Å². The van der Waals surface area contributed by atoms with Gasteiger partial charge in [-0.25, -0.2) is 0 Å². The summed E-state index contributed by atoms with van der Waals surface area (Å²) < 4.78 is 2.30. The van der Waals surface area contributed by atoms with Crippen LogP contribution in [-0.4, -0.2) is 53.0 Å². The molecule has 4 nitrogen and oxygen atoms in total. The number of fused-ring (bicyclic) bond motifs is 1. The Bertz CT molecular complexity index is 304. The maximum atomic E-state index is 4.67. The molecule has 0 aliphatic carbocycles. The maximum absolute atomic E-state index is 4.67. The highest BCUT2D eigenvalue weighted by Gasteiger charge is 2.42. The lowest BCUT2D eigenvalue weighted by Crippen LogP contribution is -2.42. The quantitative estimate of drug-likeness (QED) is 0.671. The zero-order valence-electron chi connectivity index (χ0n) is 10.1. The van der Waals surface area contributed by atoms with Gasteiger partial charge in [-0.1, -0.05) is 0 Å². The van der Waals surface area contributed by atoms with Crippen molar-refractivity contribution in [3.63, 3.8) is 0 Å². The van der Waals surface area contributed by atoms with Crippen LogP contribution in [0.2, 0.25) is 0 Å². The Labute approximate surface area is 91.7 Å². The van der Waals surface area contributed by atoms with E-state index in [-0.39, 0.29) is 0 Å². The summed E-state index contributed by atoms with van der Waals surface area (Å²) in [5.41, 5.74) is 1.18. The largest absolute Gasteiger partial charge is 0.286 e.